The van der Waals surface area contributed by atoms with Gasteiger partial charge in [0.05, 0.1) is 11.6 Å². The predicted molar refractivity (Wildman–Crippen MR) is 170 cm³/mol. The van der Waals surface area contributed by atoms with Crippen molar-refractivity contribution >= 4 is 28.5 Å². The van der Waals surface area contributed by atoms with Crippen LogP contribution in [0.1, 0.15) is 45.7 Å². The zero-order chi connectivity index (χ0) is 30.4. The van der Waals surface area contributed by atoms with Gasteiger partial charge in [0.15, 0.2) is 0 Å². The number of amides is 3. The highest BCUT2D eigenvalue weighted by Gasteiger charge is 2.38. The van der Waals surface area contributed by atoms with E-state index < -0.39 is 23.5 Å². The second-order valence-corrected chi connectivity index (χ2v) is 11.7. The van der Waals surface area contributed by atoms with E-state index in [1.54, 1.807) is 33.0 Å². The summed E-state index contributed by atoms with van der Waals surface area (Å²) in [7, 11) is 1.65. The first kappa shape index (κ1) is 33.7. The summed E-state index contributed by atoms with van der Waals surface area (Å²) in [5, 5.41) is 7.94. The maximum Gasteiger partial charge on any atom is 0.245 e. The molecule has 3 aromatic rings. The van der Waals surface area contributed by atoms with E-state index in [0.717, 1.165) is 21.9 Å². The van der Waals surface area contributed by atoms with E-state index in [0.29, 0.717) is 32.5 Å². The minimum atomic E-state index is -1.17. The van der Waals surface area contributed by atoms with E-state index in [-0.39, 0.29) is 37.5 Å². The van der Waals surface area contributed by atoms with Crippen molar-refractivity contribution in [2.24, 2.45) is 5.73 Å². The number of carbonyl (C=O) groups is 3. The van der Waals surface area contributed by atoms with Crippen molar-refractivity contribution in [2.75, 3.05) is 26.7 Å². The van der Waals surface area contributed by atoms with Gasteiger partial charge in [0.2, 0.25) is 17.7 Å². The maximum absolute atomic E-state index is 14.0. The van der Waals surface area contributed by atoms with E-state index in [1.807, 2.05) is 24.0 Å². The molecular formula is C34H46FN5O3. The summed E-state index contributed by atoms with van der Waals surface area (Å²) in [6.45, 7) is 6.63. The summed E-state index contributed by atoms with van der Waals surface area (Å²) in [6, 6.07) is 18.9. The van der Waals surface area contributed by atoms with Crippen molar-refractivity contribution in [3.05, 3.63) is 83.7 Å². The number of benzene rings is 3. The Bertz CT molecular complexity index is 1410. The molecule has 3 amide bonds. The van der Waals surface area contributed by atoms with Gasteiger partial charge in [0, 0.05) is 39.1 Å². The van der Waals surface area contributed by atoms with Gasteiger partial charge in [-0.1, -0.05) is 68.9 Å². The molecule has 43 heavy (non-hydrogen) atoms. The molecule has 232 valence electrons. The third-order valence-electron chi connectivity index (χ3n) is 8.04. The average Bonchev–Trinajstić information content (AvgIpc) is 2.98. The first-order valence-corrected chi connectivity index (χ1v) is 14.6. The Balaban J connectivity index is 0.00000506. The molecule has 1 heterocycles. The summed E-state index contributed by atoms with van der Waals surface area (Å²) in [5.41, 5.74) is 6.65. The Morgan fingerprint density at radius 3 is 2.26 bits per heavy atom. The first-order chi connectivity index (χ1) is 20.0. The largest absolute Gasteiger partial charge is 0.358 e. The fourth-order valence-corrected chi connectivity index (χ4v) is 5.55. The molecule has 9 heteroatoms. The second-order valence-electron chi connectivity index (χ2n) is 11.7. The van der Waals surface area contributed by atoms with E-state index in [2.05, 4.69) is 45.9 Å². The normalized spacial score (nSPS) is 17.1. The number of halogens is 1. The number of piperazine rings is 1. The van der Waals surface area contributed by atoms with E-state index in [4.69, 9.17) is 5.73 Å². The molecule has 1 saturated heterocycles. The number of rotatable bonds is 10. The topological polar surface area (TPSA) is 108 Å². The van der Waals surface area contributed by atoms with Gasteiger partial charge in [-0.2, -0.15) is 0 Å². The quantitative estimate of drug-likeness (QED) is 0.334. The van der Waals surface area contributed by atoms with Crippen LogP contribution in [-0.2, 0) is 27.2 Å². The Labute approximate surface area is 254 Å². The van der Waals surface area contributed by atoms with Crippen molar-refractivity contribution < 1.29 is 18.8 Å². The monoisotopic (exact) mass is 591 g/mol. The average molecular weight is 592 g/mol. The van der Waals surface area contributed by atoms with Crippen LogP contribution >= 0.6 is 0 Å². The fraction of sp³-hybridized carbons (Fsp3) is 0.441. The number of hydrogen-bond acceptors (Lipinski definition) is 5. The number of hydrogen-bond donors (Lipinski definition) is 3. The third kappa shape index (κ3) is 8.39. The highest BCUT2D eigenvalue weighted by molar-refractivity contribution is 5.92. The van der Waals surface area contributed by atoms with Crippen LogP contribution < -0.4 is 16.4 Å². The number of likely N-dealkylation sites (N-methyl/N-ethyl adjacent to an activating group) is 1. The third-order valence-corrected chi connectivity index (χ3v) is 8.04. The van der Waals surface area contributed by atoms with Crippen molar-refractivity contribution in [3.8, 4) is 0 Å². The summed E-state index contributed by atoms with van der Waals surface area (Å²) in [4.78, 5) is 43.9. The molecule has 1 aliphatic heterocycles. The minimum absolute atomic E-state index is 0. The first-order valence-electron chi connectivity index (χ1n) is 14.6. The van der Waals surface area contributed by atoms with Crippen LogP contribution in [0.2, 0.25) is 0 Å². The van der Waals surface area contributed by atoms with E-state index >= 15 is 0 Å². The highest BCUT2D eigenvalue weighted by Crippen LogP contribution is 2.22. The molecular weight excluding hydrogens is 545 g/mol. The standard InChI is InChI=1S/C33H42FN5O3.CH4/c1-5-27-21-38(29(30(40)36-4)20-23-10-13-24-8-6-7-9-25(24)18-23)16-17-39(27)31(41)28(37-32(42)33(2,3)35)19-22-11-14-26(34)15-12-22;/h6-15,18,27-29H,5,16-17,19-21,35H2,1-4H3,(H,36,40)(H,37,42);1H4. The maximum atomic E-state index is 14.0. The molecule has 3 unspecified atom stereocenters. The summed E-state index contributed by atoms with van der Waals surface area (Å²) >= 11 is 0. The zero-order valence-electron chi connectivity index (χ0n) is 24.9. The fourth-order valence-electron chi connectivity index (χ4n) is 5.55. The molecule has 0 spiro atoms. The van der Waals surface area contributed by atoms with E-state index in [9.17, 15) is 18.8 Å². The van der Waals surface area contributed by atoms with Crippen molar-refractivity contribution in [1.29, 1.82) is 0 Å². The van der Waals surface area contributed by atoms with Gasteiger partial charge in [-0.3, -0.25) is 19.3 Å². The SMILES string of the molecule is C.CCC1CN(C(Cc2ccc3ccccc3c2)C(=O)NC)CCN1C(=O)C(Cc1ccc(F)cc1)NC(=O)C(C)(C)N. The number of nitrogens with zero attached hydrogens (tertiary/aromatic N) is 2. The molecule has 1 fully saturated rings. The van der Waals surface area contributed by atoms with Crippen LogP contribution in [0.25, 0.3) is 10.8 Å². The zero-order valence-corrected chi connectivity index (χ0v) is 24.9. The van der Waals surface area contributed by atoms with Crippen LogP contribution in [0.3, 0.4) is 0 Å². The van der Waals surface area contributed by atoms with Gasteiger partial charge >= 0.3 is 0 Å². The highest BCUT2D eigenvalue weighted by atomic mass is 19.1. The lowest BCUT2D eigenvalue weighted by Gasteiger charge is -2.45. The van der Waals surface area contributed by atoms with Crippen LogP contribution in [0.5, 0.6) is 0 Å². The molecule has 0 saturated carbocycles. The van der Waals surface area contributed by atoms with Crippen molar-refractivity contribution in [3.63, 3.8) is 0 Å². The molecule has 4 rings (SSSR count). The molecule has 0 aromatic heterocycles. The van der Waals surface area contributed by atoms with Crippen molar-refractivity contribution in [2.45, 2.75) is 71.1 Å². The molecule has 0 bridgehead atoms. The lowest BCUT2D eigenvalue weighted by molar-refractivity contribution is -0.142. The Morgan fingerprint density at radius 2 is 1.63 bits per heavy atom. The summed E-state index contributed by atoms with van der Waals surface area (Å²) in [6.07, 6.45) is 1.43. The molecule has 4 N–H and O–H groups in total. The summed E-state index contributed by atoms with van der Waals surface area (Å²) < 4.78 is 13.5. The van der Waals surface area contributed by atoms with E-state index in [1.165, 1.54) is 12.1 Å². The van der Waals surface area contributed by atoms with Gasteiger partial charge in [-0.15, -0.1) is 0 Å². The molecule has 3 atom stereocenters. The van der Waals surface area contributed by atoms with Gasteiger partial charge in [0.1, 0.15) is 11.9 Å². The van der Waals surface area contributed by atoms with Gasteiger partial charge < -0.3 is 21.3 Å². The smallest absolute Gasteiger partial charge is 0.245 e. The molecule has 0 radical (unpaired) electrons. The van der Waals surface area contributed by atoms with Crippen molar-refractivity contribution in [1.82, 2.24) is 20.4 Å². The van der Waals surface area contributed by atoms with Crippen LogP contribution in [0.4, 0.5) is 4.39 Å². The minimum Gasteiger partial charge on any atom is -0.358 e. The molecule has 3 aromatic carbocycles. The number of carbonyl (C=O) groups excluding carboxylic acids is 3. The number of fused-ring (bicyclic) bond motifs is 1. The number of nitrogens with one attached hydrogen (secondary N) is 2. The Kier molecular flexibility index (Phi) is 11.4. The second kappa shape index (κ2) is 14.6. The lowest BCUT2D eigenvalue weighted by atomic mass is 9.97. The van der Waals surface area contributed by atoms with Crippen LogP contribution in [0, 0.1) is 5.82 Å². The Hall–Kier alpha value is -3.82. The molecule has 0 aliphatic carbocycles. The summed E-state index contributed by atoms with van der Waals surface area (Å²) in [5.74, 6) is -1.09. The van der Waals surface area contributed by atoms with Gasteiger partial charge in [-0.05, 0) is 60.7 Å². The van der Waals surface area contributed by atoms with Crippen LogP contribution in [0.15, 0.2) is 66.7 Å². The van der Waals surface area contributed by atoms with Crippen LogP contribution in [-0.4, -0.2) is 77.9 Å². The lowest BCUT2D eigenvalue weighted by Crippen LogP contribution is -2.64. The molecule has 8 nitrogen and oxygen atoms in total. The Morgan fingerprint density at radius 1 is 0.977 bits per heavy atom. The number of nitrogens with two attached hydrogens (primary N) is 1. The predicted octanol–water partition coefficient (Wildman–Crippen LogP) is 3.66. The van der Waals surface area contributed by atoms with Gasteiger partial charge in [-0.25, -0.2) is 4.39 Å². The van der Waals surface area contributed by atoms with Gasteiger partial charge in [0.25, 0.3) is 0 Å². The molecule has 1 aliphatic rings.